The molecule has 1 N–H and O–H groups in total. The Morgan fingerprint density at radius 1 is 1.14 bits per heavy atom. The van der Waals surface area contributed by atoms with E-state index < -0.39 is 10.1 Å². The van der Waals surface area contributed by atoms with Gasteiger partial charge in [0.1, 0.15) is 5.75 Å². The zero-order chi connectivity index (χ0) is 15.5. The number of nitrogens with zero attached hydrogens (tertiary/aromatic N) is 1. The molecule has 0 amide bonds. The van der Waals surface area contributed by atoms with Gasteiger partial charge in [-0.05, 0) is 29.8 Å². The fraction of sp³-hybridized carbons (Fsp3) is 0.200. The quantitative estimate of drug-likeness (QED) is 0.860. The number of anilines is 1. The Morgan fingerprint density at radius 2 is 1.86 bits per heavy atom. The first-order chi connectivity index (χ1) is 9.90. The minimum absolute atomic E-state index is 0.0981. The fourth-order valence-electron chi connectivity index (χ4n) is 2.02. The highest BCUT2D eigenvalue weighted by molar-refractivity contribution is 7.85. The third-order valence-electron chi connectivity index (χ3n) is 3.11. The van der Waals surface area contributed by atoms with E-state index in [2.05, 4.69) is 0 Å². The summed E-state index contributed by atoms with van der Waals surface area (Å²) in [6.45, 7) is 0.510. The van der Waals surface area contributed by atoms with E-state index in [0.29, 0.717) is 6.54 Å². The van der Waals surface area contributed by atoms with Crippen molar-refractivity contribution in [1.29, 1.82) is 0 Å². The van der Waals surface area contributed by atoms with E-state index in [1.165, 1.54) is 12.1 Å². The van der Waals surface area contributed by atoms with Crippen LogP contribution in [-0.2, 0) is 16.7 Å². The van der Waals surface area contributed by atoms with Crippen molar-refractivity contribution in [3.8, 4) is 5.75 Å². The third-order valence-corrected chi connectivity index (χ3v) is 3.96. The van der Waals surface area contributed by atoms with E-state index in [1.807, 2.05) is 42.3 Å². The van der Waals surface area contributed by atoms with Crippen LogP contribution in [0.25, 0.3) is 0 Å². The molecule has 0 heterocycles. The summed E-state index contributed by atoms with van der Waals surface area (Å²) in [5.41, 5.74) is 1.74. The molecule has 0 saturated carbocycles. The molecule has 0 saturated heterocycles. The van der Waals surface area contributed by atoms with Crippen LogP contribution in [0.4, 0.5) is 5.69 Å². The Morgan fingerprint density at radius 3 is 2.52 bits per heavy atom. The average Bonchev–Trinajstić information content (AvgIpc) is 2.46. The molecule has 0 radical (unpaired) electrons. The van der Waals surface area contributed by atoms with Crippen molar-refractivity contribution in [2.24, 2.45) is 0 Å². The van der Waals surface area contributed by atoms with Gasteiger partial charge < -0.3 is 9.64 Å². The SMILES string of the molecule is COc1cccc(N(C)Cc2cccc(S(=O)(=O)O)c2)c1. The van der Waals surface area contributed by atoms with Crippen LogP contribution in [0.1, 0.15) is 5.56 Å². The standard InChI is InChI=1S/C15H17NO4S/c1-16(13-6-4-7-14(10-13)20-2)11-12-5-3-8-15(9-12)21(17,18)19/h3-10H,11H2,1-2H3,(H,17,18,19). The van der Waals surface area contributed by atoms with Crippen molar-refractivity contribution in [2.45, 2.75) is 11.4 Å². The van der Waals surface area contributed by atoms with Gasteiger partial charge in [-0.3, -0.25) is 4.55 Å². The van der Waals surface area contributed by atoms with Gasteiger partial charge in [0.15, 0.2) is 0 Å². The second-order valence-corrected chi connectivity index (χ2v) is 6.10. The Kier molecular flexibility index (Phi) is 4.50. The van der Waals surface area contributed by atoms with Crippen LogP contribution < -0.4 is 9.64 Å². The first-order valence-corrected chi connectivity index (χ1v) is 7.76. The van der Waals surface area contributed by atoms with E-state index in [-0.39, 0.29) is 4.90 Å². The Labute approximate surface area is 124 Å². The molecule has 0 aliphatic heterocycles. The summed E-state index contributed by atoms with van der Waals surface area (Å²) in [6, 6.07) is 13.8. The van der Waals surface area contributed by atoms with Gasteiger partial charge in [-0.15, -0.1) is 0 Å². The molecule has 0 aliphatic rings. The van der Waals surface area contributed by atoms with Crippen LogP contribution in [0.15, 0.2) is 53.4 Å². The summed E-state index contributed by atoms with van der Waals surface area (Å²) in [4.78, 5) is 1.87. The predicted octanol–water partition coefficient (Wildman–Crippen LogP) is 2.58. The molecular weight excluding hydrogens is 290 g/mol. The first kappa shape index (κ1) is 15.3. The van der Waals surface area contributed by atoms with Gasteiger partial charge in [-0.2, -0.15) is 8.42 Å². The van der Waals surface area contributed by atoms with E-state index in [0.717, 1.165) is 17.0 Å². The van der Waals surface area contributed by atoms with Crippen LogP contribution in [-0.4, -0.2) is 27.1 Å². The lowest BCUT2D eigenvalue weighted by Gasteiger charge is -2.20. The van der Waals surface area contributed by atoms with Crippen molar-refractivity contribution in [2.75, 3.05) is 19.1 Å². The van der Waals surface area contributed by atoms with Crippen molar-refractivity contribution in [3.63, 3.8) is 0 Å². The normalized spacial score (nSPS) is 11.2. The molecule has 112 valence electrons. The number of hydrogen-bond acceptors (Lipinski definition) is 4. The van der Waals surface area contributed by atoms with Gasteiger partial charge >= 0.3 is 0 Å². The molecule has 0 aromatic heterocycles. The monoisotopic (exact) mass is 307 g/mol. The van der Waals surface area contributed by atoms with E-state index in [4.69, 9.17) is 9.29 Å². The minimum Gasteiger partial charge on any atom is -0.497 e. The topological polar surface area (TPSA) is 66.8 Å². The fourth-order valence-corrected chi connectivity index (χ4v) is 2.57. The molecule has 21 heavy (non-hydrogen) atoms. The third kappa shape index (κ3) is 3.96. The summed E-state index contributed by atoms with van der Waals surface area (Å²) in [5, 5.41) is 0. The maximum atomic E-state index is 11.1. The second-order valence-electron chi connectivity index (χ2n) is 4.68. The van der Waals surface area contributed by atoms with Gasteiger partial charge in [0.25, 0.3) is 10.1 Å². The molecule has 2 aromatic carbocycles. The summed E-state index contributed by atoms with van der Waals surface area (Å²) in [6.07, 6.45) is 0. The number of methoxy groups -OCH3 is 1. The van der Waals surface area contributed by atoms with E-state index >= 15 is 0 Å². The Hall–Kier alpha value is -2.05. The molecular formula is C15H17NO4S. The van der Waals surface area contributed by atoms with Gasteiger partial charge in [-0.25, -0.2) is 0 Å². The summed E-state index contributed by atoms with van der Waals surface area (Å²) < 4.78 is 36.6. The smallest absolute Gasteiger partial charge is 0.294 e. The average molecular weight is 307 g/mol. The van der Waals surface area contributed by atoms with Crippen molar-refractivity contribution >= 4 is 15.8 Å². The highest BCUT2D eigenvalue weighted by Gasteiger charge is 2.10. The lowest BCUT2D eigenvalue weighted by atomic mass is 10.2. The van der Waals surface area contributed by atoms with Crippen molar-refractivity contribution in [1.82, 2.24) is 0 Å². The van der Waals surface area contributed by atoms with Gasteiger partial charge in [0, 0.05) is 25.3 Å². The van der Waals surface area contributed by atoms with Crippen LogP contribution >= 0.6 is 0 Å². The number of hydrogen-bond donors (Lipinski definition) is 1. The van der Waals surface area contributed by atoms with Crippen LogP contribution in [0, 0.1) is 0 Å². The van der Waals surface area contributed by atoms with Crippen LogP contribution in [0.2, 0.25) is 0 Å². The van der Waals surface area contributed by atoms with E-state index in [9.17, 15) is 8.42 Å². The largest absolute Gasteiger partial charge is 0.497 e. The van der Waals surface area contributed by atoms with E-state index in [1.54, 1.807) is 13.2 Å². The minimum atomic E-state index is -4.17. The zero-order valence-corrected chi connectivity index (χ0v) is 12.7. The lowest BCUT2D eigenvalue weighted by molar-refractivity contribution is 0.415. The molecule has 2 rings (SSSR count). The van der Waals surface area contributed by atoms with Gasteiger partial charge in [-0.1, -0.05) is 18.2 Å². The van der Waals surface area contributed by atoms with Crippen LogP contribution in [0.5, 0.6) is 5.75 Å². The molecule has 5 nitrogen and oxygen atoms in total. The summed E-state index contributed by atoms with van der Waals surface area (Å²) >= 11 is 0. The van der Waals surface area contributed by atoms with Gasteiger partial charge in [0.2, 0.25) is 0 Å². The molecule has 0 unspecified atom stereocenters. The number of ether oxygens (including phenoxy) is 1. The van der Waals surface area contributed by atoms with Crippen molar-refractivity contribution < 1.29 is 17.7 Å². The lowest BCUT2D eigenvalue weighted by Crippen LogP contribution is -2.16. The van der Waals surface area contributed by atoms with Crippen molar-refractivity contribution in [3.05, 3.63) is 54.1 Å². The van der Waals surface area contributed by atoms with Gasteiger partial charge in [0.05, 0.1) is 12.0 Å². The summed E-state index contributed by atoms with van der Waals surface area (Å²) in [5.74, 6) is 0.756. The number of benzene rings is 2. The molecule has 0 spiro atoms. The molecule has 0 aliphatic carbocycles. The molecule has 2 aromatic rings. The highest BCUT2D eigenvalue weighted by atomic mass is 32.2. The Balaban J connectivity index is 2.21. The molecule has 0 bridgehead atoms. The first-order valence-electron chi connectivity index (χ1n) is 6.32. The molecule has 0 fully saturated rings. The summed E-state index contributed by atoms with van der Waals surface area (Å²) in [7, 11) is -0.671. The zero-order valence-electron chi connectivity index (χ0n) is 11.9. The maximum Gasteiger partial charge on any atom is 0.294 e. The Bertz CT molecular complexity index is 728. The molecule has 6 heteroatoms. The maximum absolute atomic E-state index is 11.1. The number of rotatable bonds is 5. The second kappa shape index (κ2) is 6.15. The predicted molar refractivity (Wildman–Crippen MR) is 81.4 cm³/mol. The van der Waals surface area contributed by atoms with Crippen LogP contribution in [0.3, 0.4) is 0 Å². The highest BCUT2D eigenvalue weighted by Crippen LogP contribution is 2.22. The molecule has 0 atom stereocenters.